The number of benzene rings is 3. The molecule has 0 saturated carbocycles. The number of hydrogen-bond donors (Lipinski definition) is 1. The lowest BCUT2D eigenvalue weighted by Crippen LogP contribution is -2.31. The first-order valence-electron chi connectivity index (χ1n) is 12.5. The van der Waals surface area contributed by atoms with Crippen molar-refractivity contribution in [3.05, 3.63) is 111 Å². The lowest BCUT2D eigenvalue weighted by atomic mass is 9.95. The first-order valence-corrected chi connectivity index (χ1v) is 15.1. The average Bonchev–Trinajstić information content (AvgIpc) is 3.69. The van der Waals surface area contributed by atoms with Gasteiger partial charge in [0.15, 0.2) is 27.2 Å². The smallest absolute Gasteiger partial charge is 0.296 e. The highest BCUT2D eigenvalue weighted by Crippen LogP contribution is 2.44. The Morgan fingerprint density at radius 2 is 1.88 bits per heavy atom. The molecule has 0 saturated heterocycles. The molecule has 3 heterocycles. The molecule has 1 unspecified atom stereocenters. The van der Waals surface area contributed by atoms with Crippen molar-refractivity contribution in [1.29, 1.82) is 0 Å². The summed E-state index contributed by atoms with van der Waals surface area (Å²) in [6, 6.07) is 21.4. The Labute approximate surface area is 251 Å². The van der Waals surface area contributed by atoms with Crippen LogP contribution in [0.25, 0.3) is 11.0 Å². The van der Waals surface area contributed by atoms with Crippen molar-refractivity contribution in [3.8, 4) is 5.75 Å². The van der Waals surface area contributed by atoms with Crippen LogP contribution in [0.15, 0.2) is 97.4 Å². The van der Waals surface area contributed by atoms with Gasteiger partial charge in [0.2, 0.25) is 10.9 Å². The highest BCUT2D eigenvalue weighted by atomic mass is 79.9. The topological polar surface area (TPSA) is 106 Å². The Hall–Kier alpha value is -3.93. The number of Topliss-reactive ketones (excluding diaryl/α,β-unsaturated/α-hetero) is 1. The summed E-state index contributed by atoms with van der Waals surface area (Å²) >= 11 is 6.16. The van der Waals surface area contributed by atoms with E-state index in [2.05, 4.69) is 50.4 Å². The van der Waals surface area contributed by atoms with E-state index in [9.17, 15) is 14.7 Å². The number of ketones is 1. The zero-order valence-electron chi connectivity index (χ0n) is 21.8. The molecule has 1 aliphatic rings. The Morgan fingerprint density at radius 1 is 1.12 bits per heavy atom. The minimum Gasteiger partial charge on any atom is -0.503 e. The monoisotopic (exact) mass is 647 g/mol. The molecule has 1 amide bonds. The van der Waals surface area contributed by atoms with E-state index in [1.165, 1.54) is 40.7 Å². The van der Waals surface area contributed by atoms with E-state index in [4.69, 9.17) is 9.15 Å². The first-order chi connectivity index (χ1) is 19.8. The third kappa shape index (κ3) is 5.16. The van der Waals surface area contributed by atoms with E-state index in [1.54, 1.807) is 36.4 Å². The highest BCUT2D eigenvalue weighted by Gasteiger charge is 2.46. The number of hydrogen-bond acceptors (Lipinski definition) is 9. The molecule has 1 aliphatic heterocycles. The molecule has 206 valence electrons. The number of aliphatic hydroxyl groups is 1. The second-order valence-corrected chi connectivity index (χ2v) is 12.4. The third-order valence-electron chi connectivity index (χ3n) is 6.67. The number of nitrogens with zero attached hydrogens (tertiary/aromatic N) is 3. The predicted octanol–water partition coefficient (Wildman–Crippen LogP) is 7.44. The Morgan fingerprint density at radius 3 is 2.61 bits per heavy atom. The summed E-state index contributed by atoms with van der Waals surface area (Å²) in [4.78, 5) is 28.8. The number of aryl methyl sites for hydroxylation is 1. The quantitative estimate of drug-likeness (QED) is 0.105. The average molecular weight is 649 g/mol. The molecular weight excluding hydrogens is 626 g/mol. The zero-order valence-corrected chi connectivity index (χ0v) is 25.0. The molecular formula is C30H22BrN3O5S2. The number of carbonyl (C=O) groups is 2. The fraction of sp³-hybridized carbons (Fsp3) is 0.133. The third-order valence-corrected chi connectivity index (χ3v) is 9.33. The van der Waals surface area contributed by atoms with Gasteiger partial charge in [-0.1, -0.05) is 93.1 Å². The summed E-state index contributed by atoms with van der Waals surface area (Å²) in [6.45, 7) is 2.04. The van der Waals surface area contributed by atoms with Gasteiger partial charge in [0, 0.05) is 15.6 Å². The van der Waals surface area contributed by atoms with Gasteiger partial charge in [0.05, 0.1) is 18.7 Å². The summed E-state index contributed by atoms with van der Waals surface area (Å²) in [5.74, 6) is -0.863. The van der Waals surface area contributed by atoms with Crippen LogP contribution >= 0.6 is 39.0 Å². The lowest BCUT2D eigenvalue weighted by Gasteiger charge is -2.23. The summed E-state index contributed by atoms with van der Waals surface area (Å²) in [5.41, 5.74) is 3.24. The molecule has 5 aromatic rings. The molecule has 0 aliphatic carbocycles. The van der Waals surface area contributed by atoms with Gasteiger partial charge in [-0.2, -0.15) is 0 Å². The first kappa shape index (κ1) is 27.3. The Kier molecular flexibility index (Phi) is 7.41. The molecule has 0 radical (unpaired) electrons. The maximum Gasteiger partial charge on any atom is 0.296 e. The number of aromatic nitrogens is 2. The van der Waals surface area contributed by atoms with Crippen LogP contribution in [-0.4, -0.2) is 34.1 Å². The molecule has 0 spiro atoms. The van der Waals surface area contributed by atoms with Gasteiger partial charge >= 0.3 is 0 Å². The molecule has 2 aromatic heterocycles. The molecule has 1 N–H and O–H groups in total. The number of aliphatic hydroxyl groups excluding tert-OH is 1. The van der Waals surface area contributed by atoms with Crippen LogP contribution in [0.2, 0.25) is 0 Å². The molecule has 8 nitrogen and oxygen atoms in total. The second kappa shape index (κ2) is 11.2. The number of para-hydroxylation sites is 1. The van der Waals surface area contributed by atoms with Crippen LogP contribution in [-0.2, 0) is 10.5 Å². The van der Waals surface area contributed by atoms with Crippen LogP contribution in [0.3, 0.4) is 0 Å². The van der Waals surface area contributed by atoms with Crippen LogP contribution in [0, 0.1) is 6.92 Å². The van der Waals surface area contributed by atoms with Crippen molar-refractivity contribution in [3.63, 3.8) is 0 Å². The largest absolute Gasteiger partial charge is 0.503 e. The van der Waals surface area contributed by atoms with Gasteiger partial charge in [0.25, 0.3) is 5.91 Å². The summed E-state index contributed by atoms with van der Waals surface area (Å²) in [7, 11) is 1.51. The van der Waals surface area contributed by atoms with E-state index in [1.807, 2.05) is 19.1 Å². The van der Waals surface area contributed by atoms with Crippen molar-refractivity contribution in [2.75, 3.05) is 12.0 Å². The Balaban J connectivity index is 1.36. The van der Waals surface area contributed by atoms with Crippen molar-refractivity contribution >= 4 is 66.8 Å². The Bertz CT molecular complexity index is 1810. The van der Waals surface area contributed by atoms with Gasteiger partial charge < -0.3 is 14.3 Å². The highest BCUT2D eigenvalue weighted by molar-refractivity contribution is 9.10. The maximum absolute atomic E-state index is 13.9. The van der Waals surface area contributed by atoms with Gasteiger partial charge in [0.1, 0.15) is 0 Å². The predicted molar refractivity (Wildman–Crippen MR) is 162 cm³/mol. The minimum atomic E-state index is -0.943. The van der Waals surface area contributed by atoms with E-state index in [0.717, 1.165) is 10.0 Å². The van der Waals surface area contributed by atoms with Gasteiger partial charge in [-0.25, -0.2) is 0 Å². The standard InChI is InChI=1S/C30H22BrN3O5S2/c1-16-6-8-17(9-7-16)15-40-30-33-32-29(41-30)34-24(18-10-12-20(31)13-11-18)23(26(36)28(34)37)25(35)22-14-19-4-3-5-21(38-2)27(19)39-22/h3-14,24,36H,15H2,1-2H3. The number of ether oxygens (including phenoxy) is 1. The molecule has 11 heteroatoms. The zero-order chi connectivity index (χ0) is 28.7. The van der Waals surface area contributed by atoms with Crippen LogP contribution in [0.1, 0.15) is 33.3 Å². The van der Waals surface area contributed by atoms with E-state index < -0.39 is 23.5 Å². The van der Waals surface area contributed by atoms with E-state index in [-0.39, 0.29) is 16.5 Å². The second-order valence-electron chi connectivity index (χ2n) is 9.33. The van der Waals surface area contributed by atoms with Gasteiger partial charge in [-0.05, 0) is 42.3 Å². The molecule has 41 heavy (non-hydrogen) atoms. The number of thioether (sulfide) groups is 1. The number of amides is 1. The summed E-state index contributed by atoms with van der Waals surface area (Å²) in [5, 5.41) is 20.6. The van der Waals surface area contributed by atoms with E-state index >= 15 is 0 Å². The number of rotatable bonds is 8. The number of anilines is 1. The van der Waals surface area contributed by atoms with Crippen LogP contribution in [0.5, 0.6) is 5.75 Å². The van der Waals surface area contributed by atoms with Crippen molar-refractivity contribution in [2.45, 2.75) is 23.1 Å². The number of furan rings is 1. The fourth-order valence-corrected chi connectivity index (χ4v) is 6.71. The molecule has 6 rings (SSSR count). The summed E-state index contributed by atoms with van der Waals surface area (Å²) < 4.78 is 12.7. The van der Waals surface area contributed by atoms with E-state index in [0.29, 0.717) is 32.4 Å². The molecule has 0 bridgehead atoms. The molecule has 0 fully saturated rings. The van der Waals surface area contributed by atoms with Crippen molar-refractivity contribution in [1.82, 2.24) is 10.2 Å². The van der Waals surface area contributed by atoms with Crippen LogP contribution in [0.4, 0.5) is 5.13 Å². The summed E-state index contributed by atoms with van der Waals surface area (Å²) in [6.07, 6.45) is 0. The normalized spacial score (nSPS) is 15.2. The minimum absolute atomic E-state index is 0.0191. The van der Waals surface area contributed by atoms with Crippen molar-refractivity contribution < 1.29 is 23.8 Å². The van der Waals surface area contributed by atoms with Gasteiger partial charge in [-0.15, -0.1) is 10.2 Å². The maximum atomic E-state index is 13.9. The van der Waals surface area contributed by atoms with Gasteiger partial charge in [-0.3, -0.25) is 14.5 Å². The number of halogens is 1. The van der Waals surface area contributed by atoms with Crippen LogP contribution < -0.4 is 9.64 Å². The lowest BCUT2D eigenvalue weighted by molar-refractivity contribution is -0.117. The number of fused-ring (bicyclic) bond motifs is 1. The number of methoxy groups -OCH3 is 1. The van der Waals surface area contributed by atoms with Crippen molar-refractivity contribution in [2.24, 2.45) is 0 Å². The SMILES string of the molecule is COc1cccc2cc(C(=O)C3=C(O)C(=O)N(c4nnc(SCc5ccc(C)cc5)s4)C3c3ccc(Br)cc3)oc12. The fourth-order valence-electron chi connectivity index (χ4n) is 4.62. The molecule has 1 atom stereocenters. The number of carbonyl (C=O) groups excluding carboxylic acids is 2. The molecule has 3 aromatic carbocycles.